The summed E-state index contributed by atoms with van der Waals surface area (Å²) in [5.74, 6) is -1.91. The number of ether oxygens (including phenoxy) is 1. The molecule has 1 N–H and O–H groups in total. The number of Topliss-reactive ketones (excluding diaryl/α,β-unsaturated/α-hetero) is 1. The minimum Gasteiger partial charge on any atom is -0.481 e. The average Bonchev–Trinajstić information content (AvgIpc) is 2.89. The summed E-state index contributed by atoms with van der Waals surface area (Å²) in [4.78, 5) is 37.9. The van der Waals surface area contributed by atoms with Crippen LogP contribution < -0.4 is 4.90 Å². The van der Waals surface area contributed by atoms with Crippen LogP contribution in [0.5, 0.6) is 0 Å². The fourth-order valence-corrected chi connectivity index (χ4v) is 4.55. The zero-order valence-electron chi connectivity index (χ0n) is 16.0. The Morgan fingerprint density at radius 2 is 2.00 bits per heavy atom. The molecule has 1 atom stereocenters. The summed E-state index contributed by atoms with van der Waals surface area (Å²) in [6.07, 6.45) is 2.15. The van der Waals surface area contributed by atoms with E-state index >= 15 is 0 Å². The Labute approximate surface area is 163 Å². The number of carboxylic acids is 1. The maximum Gasteiger partial charge on any atom is 0.342 e. The van der Waals surface area contributed by atoms with Crippen LogP contribution in [0, 0.1) is 0 Å². The van der Waals surface area contributed by atoms with Gasteiger partial charge >= 0.3 is 11.9 Å². The molecule has 3 heterocycles. The van der Waals surface area contributed by atoms with E-state index in [0.717, 1.165) is 23.5 Å². The molecule has 0 bridgehead atoms. The molecule has 1 unspecified atom stereocenters. The molecule has 3 aliphatic rings. The second kappa shape index (κ2) is 6.62. The minimum atomic E-state index is -0.952. The quantitative estimate of drug-likeness (QED) is 0.623. The normalized spacial score (nSPS) is 22.1. The van der Waals surface area contributed by atoms with E-state index in [1.807, 2.05) is 12.1 Å². The van der Waals surface area contributed by atoms with Gasteiger partial charge in [0, 0.05) is 48.2 Å². The molecule has 4 rings (SSSR count). The fraction of sp³-hybridized carbons (Fsp3) is 0.409. The number of aliphatic carboxylic acids is 1. The van der Waals surface area contributed by atoms with Crippen LogP contribution >= 0.6 is 0 Å². The number of hydrogen-bond acceptors (Lipinski definition) is 5. The van der Waals surface area contributed by atoms with Crippen LogP contribution in [-0.4, -0.2) is 35.5 Å². The molecule has 6 nitrogen and oxygen atoms in total. The molecule has 0 radical (unpaired) electrons. The highest BCUT2D eigenvalue weighted by Crippen LogP contribution is 2.52. The van der Waals surface area contributed by atoms with Gasteiger partial charge in [-0.3, -0.25) is 9.59 Å². The first-order valence-corrected chi connectivity index (χ1v) is 9.60. The summed E-state index contributed by atoms with van der Waals surface area (Å²) in [5.41, 5.74) is 4.10. The third-order valence-corrected chi connectivity index (χ3v) is 5.83. The number of ketones is 1. The topological polar surface area (TPSA) is 83.9 Å². The first-order chi connectivity index (χ1) is 13.3. The largest absolute Gasteiger partial charge is 0.481 e. The molecule has 6 heteroatoms. The van der Waals surface area contributed by atoms with Gasteiger partial charge in [0.1, 0.15) is 11.7 Å². The molecule has 0 aromatic heterocycles. The van der Waals surface area contributed by atoms with Crippen molar-refractivity contribution in [1.82, 2.24) is 0 Å². The van der Waals surface area contributed by atoms with Crippen molar-refractivity contribution in [3.63, 3.8) is 0 Å². The standard InChI is InChI=1S/C22H23NO5/c1-22(2)15-6-3-4-7-16(15)23-11-10-18-14(20(22)23)12-13(21(27)28-18)17(24)8-5-9-19(25)26/h3-4,6-7,12,18H,5,8-11H2,1-2H3,(H,25,26). The van der Waals surface area contributed by atoms with Crippen LogP contribution in [0.3, 0.4) is 0 Å². The molecule has 1 aromatic rings. The lowest BCUT2D eigenvalue weighted by Gasteiger charge is -2.38. The molecule has 0 fully saturated rings. The molecule has 0 spiro atoms. The molecule has 1 aromatic carbocycles. The highest BCUT2D eigenvalue weighted by molar-refractivity contribution is 6.18. The number of carbonyl (C=O) groups excluding carboxylic acids is 2. The maximum absolute atomic E-state index is 12.5. The van der Waals surface area contributed by atoms with Crippen molar-refractivity contribution in [3.05, 3.63) is 52.7 Å². The third-order valence-electron chi connectivity index (χ3n) is 5.83. The lowest BCUT2D eigenvalue weighted by Crippen LogP contribution is -2.41. The van der Waals surface area contributed by atoms with Crippen molar-refractivity contribution in [2.24, 2.45) is 0 Å². The Bertz CT molecular complexity index is 940. The van der Waals surface area contributed by atoms with Gasteiger partial charge in [-0.15, -0.1) is 0 Å². The van der Waals surface area contributed by atoms with Gasteiger partial charge in [0.25, 0.3) is 0 Å². The molecule has 0 saturated heterocycles. The number of esters is 1. The van der Waals surface area contributed by atoms with E-state index in [9.17, 15) is 14.4 Å². The summed E-state index contributed by atoms with van der Waals surface area (Å²) in [6, 6.07) is 8.26. The molecule has 3 aliphatic heterocycles. The number of allylic oxidation sites excluding steroid dienone is 1. The summed E-state index contributed by atoms with van der Waals surface area (Å²) < 4.78 is 5.62. The number of rotatable bonds is 5. The first kappa shape index (κ1) is 18.5. The SMILES string of the molecule is CC1(C)C2=C3C=C(C(=O)CCCC(=O)O)C(=O)OC3CCN2c2ccccc21. The number of benzene rings is 1. The predicted molar refractivity (Wildman–Crippen MR) is 103 cm³/mol. The molecule has 28 heavy (non-hydrogen) atoms. The van der Waals surface area contributed by atoms with Crippen molar-refractivity contribution in [2.75, 3.05) is 11.4 Å². The molecule has 0 amide bonds. The van der Waals surface area contributed by atoms with Gasteiger partial charge in [0.05, 0.1) is 0 Å². The second-order valence-corrected chi connectivity index (χ2v) is 8.01. The van der Waals surface area contributed by atoms with Crippen molar-refractivity contribution in [1.29, 1.82) is 0 Å². The third kappa shape index (κ3) is 2.84. The number of carboxylic acid groups (broad SMARTS) is 1. The maximum atomic E-state index is 12.5. The van der Waals surface area contributed by atoms with E-state index in [1.165, 1.54) is 5.56 Å². The van der Waals surface area contributed by atoms with Gasteiger partial charge in [-0.05, 0) is 24.1 Å². The average molecular weight is 381 g/mol. The van der Waals surface area contributed by atoms with Crippen LogP contribution in [-0.2, 0) is 24.5 Å². The second-order valence-electron chi connectivity index (χ2n) is 8.01. The fourth-order valence-electron chi connectivity index (χ4n) is 4.55. The van der Waals surface area contributed by atoms with E-state index in [0.29, 0.717) is 6.42 Å². The van der Waals surface area contributed by atoms with E-state index in [4.69, 9.17) is 9.84 Å². The Kier molecular flexibility index (Phi) is 4.37. The van der Waals surface area contributed by atoms with E-state index in [-0.39, 0.29) is 42.1 Å². The van der Waals surface area contributed by atoms with Crippen LogP contribution in [0.4, 0.5) is 5.69 Å². The number of fused-ring (bicyclic) bond motifs is 4. The number of para-hydroxylation sites is 1. The van der Waals surface area contributed by atoms with Crippen molar-refractivity contribution in [2.45, 2.75) is 51.0 Å². The van der Waals surface area contributed by atoms with Crippen LogP contribution in [0.1, 0.15) is 45.1 Å². The lowest BCUT2D eigenvalue weighted by atomic mass is 9.79. The zero-order chi connectivity index (χ0) is 20.1. The number of carbonyl (C=O) groups is 3. The molecular formula is C22H23NO5. The molecule has 0 aliphatic carbocycles. The number of nitrogens with zero attached hydrogens (tertiary/aromatic N) is 1. The van der Waals surface area contributed by atoms with Gasteiger partial charge in [0.2, 0.25) is 0 Å². The predicted octanol–water partition coefficient (Wildman–Crippen LogP) is 3.12. The first-order valence-electron chi connectivity index (χ1n) is 9.60. The molecule has 146 valence electrons. The summed E-state index contributed by atoms with van der Waals surface area (Å²) in [5, 5.41) is 8.76. The van der Waals surface area contributed by atoms with Gasteiger partial charge in [0.15, 0.2) is 5.78 Å². The highest BCUT2D eigenvalue weighted by Gasteiger charge is 2.47. The van der Waals surface area contributed by atoms with Crippen molar-refractivity contribution >= 4 is 23.4 Å². The Morgan fingerprint density at radius 3 is 2.75 bits per heavy atom. The summed E-state index contributed by atoms with van der Waals surface area (Å²) in [7, 11) is 0. The number of hydrogen-bond donors (Lipinski definition) is 1. The van der Waals surface area contributed by atoms with Crippen LogP contribution in [0.2, 0.25) is 0 Å². The minimum absolute atomic E-state index is 0.0217. The molecular weight excluding hydrogens is 358 g/mol. The number of anilines is 1. The molecule has 0 saturated carbocycles. The van der Waals surface area contributed by atoms with Gasteiger partial charge in [-0.1, -0.05) is 32.0 Å². The van der Waals surface area contributed by atoms with Crippen LogP contribution in [0.15, 0.2) is 47.2 Å². The van der Waals surface area contributed by atoms with Gasteiger partial charge in [-0.2, -0.15) is 0 Å². The van der Waals surface area contributed by atoms with E-state index in [1.54, 1.807) is 6.08 Å². The van der Waals surface area contributed by atoms with Crippen molar-refractivity contribution in [3.8, 4) is 0 Å². The Hall–Kier alpha value is -2.89. The van der Waals surface area contributed by atoms with Crippen molar-refractivity contribution < 1.29 is 24.2 Å². The van der Waals surface area contributed by atoms with Gasteiger partial charge < -0.3 is 14.7 Å². The zero-order valence-corrected chi connectivity index (χ0v) is 16.0. The summed E-state index contributed by atoms with van der Waals surface area (Å²) in [6.45, 7) is 5.05. The van der Waals surface area contributed by atoms with Crippen LogP contribution in [0.25, 0.3) is 0 Å². The summed E-state index contributed by atoms with van der Waals surface area (Å²) >= 11 is 0. The highest BCUT2D eigenvalue weighted by atomic mass is 16.5. The Balaban J connectivity index is 1.74. The smallest absolute Gasteiger partial charge is 0.342 e. The van der Waals surface area contributed by atoms with E-state index < -0.39 is 11.9 Å². The van der Waals surface area contributed by atoms with Gasteiger partial charge in [-0.25, -0.2) is 4.79 Å². The van der Waals surface area contributed by atoms with E-state index in [2.05, 4.69) is 30.9 Å². The Morgan fingerprint density at radius 1 is 1.25 bits per heavy atom. The monoisotopic (exact) mass is 381 g/mol. The lowest BCUT2D eigenvalue weighted by molar-refractivity contribution is -0.145.